The molecule has 0 atom stereocenters. The van der Waals surface area contributed by atoms with Crippen LogP contribution in [-0.4, -0.2) is 35.7 Å². The number of amides is 1. The summed E-state index contributed by atoms with van der Waals surface area (Å²) in [4.78, 5) is 16.9. The normalized spacial score (nSPS) is 10.9. The molecule has 2 aromatic carbocycles. The molecule has 0 aliphatic carbocycles. The Balaban J connectivity index is 1.32. The van der Waals surface area contributed by atoms with Crippen molar-refractivity contribution in [1.82, 2.24) is 14.9 Å². The van der Waals surface area contributed by atoms with E-state index >= 15 is 0 Å². The summed E-state index contributed by atoms with van der Waals surface area (Å²) in [5.74, 6) is 2.53. The Morgan fingerprint density at radius 3 is 2.83 bits per heavy atom. The molecular formula is C28H31N3O4. The maximum Gasteiger partial charge on any atom is 0.286 e. The molecule has 0 radical (unpaired) electrons. The fraction of sp³-hybridized carbons (Fsp3) is 0.286. The number of furan rings is 1. The number of ether oxygens (including phenoxy) is 2. The third kappa shape index (κ3) is 6.12. The molecule has 0 saturated carbocycles. The molecule has 0 aliphatic heterocycles. The van der Waals surface area contributed by atoms with Gasteiger partial charge in [-0.1, -0.05) is 24.3 Å². The zero-order valence-electron chi connectivity index (χ0n) is 20.0. The Bertz CT molecular complexity index is 1260. The van der Waals surface area contributed by atoms with Crippen LogP contribution >= 0.6 is 0 Å². The van der Waals surface area contributed by atoms with Gasteiger partial charge in [0.1, 0.15) is 5.82 Å². The highest BCUT2D eigenvalue weighted by Gasteiger charge is 2.12. The van der Waals surface area contributed by atoms with Crippen LogP contribution in [0.2, 0.25) is 0 Å². The van der Waals surface area contributed by atoms with Gasteiger partial charge in [-0.25, -0.2) is 4.98 Å². The molecule has 2 aromatic heterocycles. The number of methoxy groups -OCH3 is 1. The first-order valence-electron chi connectivity index (χ1n) is 11.9. The van der Waals surface area contributed by atoms with Crippen LogP contribution in [0.3, 0.4) is 0 Å². The summed E-state index contributed by atoms with van der Waals surface area (Å²) in [6, 6.07) is 17.4. The Labute approximate surface area is 205 Å². The van der Waals surface area contributed by atoms with Crippen LogP contribution in [0.1, 0.15) is 34.8 Å². The van der Waals surface area contributed by atoms with Crippen molar-refractivity contribution in [2.45, 2.75) is 32.2 Å². The molecule has 182 valence electrons. The second kappa shape index (κ2) is 11.9. The molecule has 7 heteroatoms. The SMILES string of the molecule is C=CCc1ccc(OCCCCn2c(CCNC(=O)c3ccco3)nc3ccccc32)c(OC)c1. The predicted octanol–water partition coefficient (Wildman–Crippen LogP) is 5.20. The molecule has 1 N–H and O–H groups in total. The first-order chi connectivity index (χ1) is 17.2. The van der Waals surface area contributed by atoms with Crippen LogP contribution in [-0.2, 0) is 19.4 Å². The molecule has 0 bridgehead atoms. The lowest BCUT2D eigenvalue weighted by Gasteiger charge is -2.13. The number of aromatic nitrogens is 2. The highest BCUT2D eigenvalue weighted by molar-refractivity contribution is 5.91. The zero-order chi connectivity index (χ0) is 24.5. The Morgan fingerprint density at radius 2 is 2.03 bits per heavy atom. The predicted molar refractivity (Wildman–Crippen MR) is 136 cm³/mol. The maximum absolute atomic E-state index is 12.2. The lowest BCUT2D eigenvalue weighted by molar-refractivity contribution is 0.0926. The number of para-hydroxylation sites is 2. The van der Waals surface area contributed by atoms with Crippen molar-refractivity contribution < 1.29 is 18.7 Å². The van der Waals surface area contributed by atoms with Crippen molar-refractivity contribution in [1.29, 1.82) is 0 Å². The van der Waals surface area contributed by atoms with Gasteiger partial charge in [-0.05, 0) is 61.2 Å². The average Bonchev–Trinajstić information content (AvgIpc) is 3.53. The molecule has 0 spiro atoms. The number of rotatable bonds is 13. The number of hydrogen-bond acceptors (Lipinski definition) is 5. The van der Waals surface area contributed by atoms with Gasteiger partial charge in [-0.3, -0.25) is 4.79 Å². The number of benzene rings is 2. The van der Waals surface area contributed by atoms with E-state index in [1.54, 1.807) is 19.2 Å². The number of hydrogen-bond donors (Lipinski definition) is 1. The molecular weight excluding hydrogens is 442 g/mol. The Morgan fingerprint density at radius 1 is 1.14 bits per heavy atom. The van der Waals surface area contributed by atoms with E-state index < -0.39 is 0 Å². The van der Waals surface area contributed by atoms with Gasteiger partial charge in [-0.15, -0.1) is 6.58 Å². The summed E-state index contributed by atoms with van der Waals surface area (Å²) < 4.78 is 18.9. The molecule has 0 fully saturated rings. The number of carbonyl (C=O) groups is 1. The van der Waals surface area contributed by atoms with E-state index in [1.165, 1.54) is 6.26 Å². The number of allylic oxidation sites excluding steroid dienone is 1. The molecule has 35 heavy (non-hydrogen) atoms. The van der Waals surface area contributed by atoms with Gasteiger partial charge in [0.25, 0.3) is 5.91 Å². The lowest BCUT2D eigenvalue weighted by atomic mass is 10.1. The van der Waals surface area contributed by atoms with Gasteiger partial charge in [0.05, 0.1) is 31.0 Å². The quantitative estimate of drug-likeness (QED) is 0.213. The largest absolute Gasteiger partial charge is 0.493 e. The van der Waals surface area contributed by atoms with Gasteiger partial charge in [-0.2, -0.15) is 0 Å². The summed E-state index contributed by atoms with van der Waals surface area (Å²) in [6.07, 6.45) is 6.61. The highest BCUT2D eigenvalue weighted by atomic mass is 16.5. The number of fused-ring (bicyclic) bond motifs is 1. The summed E-state index contributed by atoms with van der Waals surface area (Å²) in [6.45, 7) is 5.68. The molecule has 0 unspecified atom stereocenters. The summed E-state index contributed by atoms with van der Waals surface area (Å²) in [7, 11) is 1.66. The van der Waals surface area contributed by atoms with E-state index in [-0.39, 0.29) is 5.91 Å². The van der Waals surface area contributed by atoms with Gasteiger partial charge >= 0.3 is 0 Å². The monoisotopic (exact) mass is 473 g/mol. The summed E-state index contributed by atoms with van der Waals surface area (Å²) in [5, 5.41) is 2.90. The number of nitrogens with one attached hydrogen (secondary N) is 1. The lowest BCUT2D eigenvalue weighted by Crippen LogP contribution is -2.26. The zero-order valence-corrected chi connectivity index (χ0v) is 20.0. The van der Waals surface area contributed by atoms with E-state index in [0.717, 1.165) is 59.7 Å². The molecule has 1 amide bonds. The van der Waals surface area contributed by atoms with Gasteiger partial charge in [0, 0.05) is 19.5 Å². The minimum atomic E-state index is -0.220. The molecule has 7 nitrogen and oxygen atoms in total. The average molecular weight is 474 g/mol. The van der Waals surface area contributed by atoms with Gasteiger partial charge in [0.2, 0.25) is 0 Å². The van der Waals surface area contributed by atoms with Crippen LogP contribution in [0.5, 0.6) is 11.5 Å². The van der Waals surface area contributed by atoms with E-state index in [4.69, 9.17) is 18.9 Å². The van der Waals surface area contributed by atoms with E-state index in [1.807, 2.05) is 42.5 Å². The molecule has 0 aliphatic rings. The minimum absolute atomic E-state index is 0.220. The number of nitrogens with zero attached hydrogens (tertiary/aromatic N) is 2. The Hall–Kier alpha value is -4.00. The van der Waals surface area contributed by atoms with Crippen molar-refractivity contribution in [3.05, 3.63) is 90.7 Å². The fourth-order valence-electron chi connectivity index (χ4n) is 4.03. The first-order valence-corrected chi connectivity index (χ1v) is 11.9. The Kier molecular flexibility index (Phi) is 8.22. The topological polar surface area (TPSA) is 78.5 Å². The third-order valence-corrected chi connectivity index (χ3v) is 5.75. The molecule has 4 rings (SSSR count). The van der Waals surface area contributed by atoms with E-state index in [2.05, 4.69) is 22.5 Å². The van der Waals surface area contributed by atoms with Crippen LogP contribution in [0.25, 0.3) is 11.0 Å². The highest BCUT2D eigenvalue weighted by Crippen LogP contribution is 2.28. The van der Waals surface area contributed by atoms with Crippen molar-refractivity contribution in [3.63, 3.8) is 0 Å². The second-order valence-electron chi connectivity index (χ2n) is 8.19. The van der Waals surface area contributed by atoms with Crippen LogP contribution in [0.4, 0.5) is 0 Å². The third-order valence-electron chi connectivity index (χ3n) is 5.75. The van der Waals surface area contributed by atoms with Crippen molar-refractivity contribution >= 4 is 16.9 Å². The van der Waals surface area contributed by atoms with Gasteiger partial charge in [0.15, 0.2) is 17.3 Å². The number of carbonyl (C=O) groups excluding carboxylic acids is 1. The summed E-state index contributed by atoms with van der Waals surface area (Å²) >= 11 is 0. The van der Waals surface area contributed by atoms with E-state index in [0.29, 0.717) is 25.3 Å². The van der Waals surface area contributed by atoms with Crippen LogP contribution in [0.15, 0.2) is 77.9 Å². The number of aryl methyl sites for hydroxylation is 1. The number of unbranched alkanes of at least 4 members (excludes halogenated alkanes) is 1. The van der Waals surface area contributed by atoms with Crippen LogP contribution in [0, 0.1) is 0 Å². The molecule has 4 aromatic rings. The van der Waals surface area contributed by atoms with Crippen molar-refractivity contribution in [3.8, 4) is 11.5 Å². The molecule has 0 saturated heterocycles. The summed E-state index contributed by atoms with van der Waals surface area (Å²) in [5.41, 5.74) is 3.20. The van der Waals surface area contributed by atoms with Crippen LogP contribution < -0.4 is 14.8 Å². The molecule has 2 heterocycles. The number of imidazole rings is 1. The smallest absolute Gasteiger partial charge is 0.286 e. The van der Waals surface area contributed by atoms with Gasteiger partial charge < -0.3 is 23.8 Å². The maximum atomic E-state index is 12.2. The standard InChI is InChI=1S/C28H31N3O4/c1-3-9-21-13-14-24(26(20-21)33-2)34-18-7-6-17-31-23-11-5-4-10-22(23)30-27(31)15-16-29-28(32)25-12-8-19-35-25/h3-5,8,10-14,19-20H,1,6-7,9,15-18H2,2H3,(H,29,32). The van der Waals surface area contributed by atoms with E-state index in [9.17, 15) is 4.79 Å². The fourth-order valence-corrected chi connectivity index (χ4v) is 4.03. The van der Waals surface area contributed by atoms with Crippen molar-refractivity contribution in [2.24, 2.45) is 0 Å². The van der Waals surface area contributed by atoms with Crippen molar-refractivity contribution in [2.75, 3.05) is 20.3 Å². The second-order valence-corrected chi connectivity index (χ2v) is 8.19. The first kappa shape index (κ1) is 24.1. The minimum Gasteiger partial charge on any atom is -0.493 e.